The van der Waals surface area contributed by atoms with Crippen LogP contribution < -0.4 is 10.5 Å². The Kier molecular flexibility index (Phi) is 5.54. The molecule has 150 valence electrons. The molecule has 2 N–H and O–H groups in total. The van der Waals surface area contributed by atoms with Gasteiger partial charge in [-0.3, -0.25) is 19.3 Å². The second-order valence-corrected chi connectivity index (χ2v) is 7.73. The zero-order chi connectivity index (χ0) is 21.1. The van der Waals surface area contributed by atoms with E-state index in [0.29, 0.717) is 12.4 Å². The Labute approximate surface area is 177 Å². The molecule has 1 saturated heterocycles. The van der Waals surface area contributed by atoms with Crippen LogP contribution in [0.25, 0.3) is 16.8 Å². The number of nitrogens with two attached hydrogens (primary N) is 1. The molecule has 0 spiro atoms. The number of carbonyl (C=O) groups is 3. The van der Waals surface area contributed by atoms with Crippen molar-refractivity contribution in [2.75, 3.05) is 6.54 Å². The maximum atomic E-state index is 12.4. The summed E-state index contributed by atoms with van der Waals surface area (Å²) in [6.07, 6.45) is 1.61. The molecule has 0 atom stereocenters. The summed E-state index contributed by atoms with van der Waals surface area (Å²) in [7, 11) is 0. The number of amides is 3. The third kappa shape index (κ3) is 4.21. The Morgan fingerprint density at radius 1 is 1.03 bits per heavy atom. The Balaban J connectivity index is 1.51. The van der Waals surface area contributed by atoms with Gasteiger partial charge in [0, 0.05) is 0 Å². The fourth-order valence-electron chi connectivity index (χ4n) is 3.22. The second kappa shape index (κ2) is 8.42. The van der Waals surface area contributed by atoms with Crippen molar-refractivity contribution in [2.45, 2.75) is 6.61 Å². The van der Waals surface area contributed by atoms with E-state index in [-0.39, 0.29) is 4.91 Å². The predicted octanol–water partition coefficient (Wildman–Crippen LogP) is 3.94. The van der Waals surface area contributed by atoms with Gasteiger partial charge >= 0.3 is 0 Å². The van der Waals surface area contributed by atoms with Gasteiger partial charge in [-0.2, -0.15) is 0 Å². The lowest BCUT2D eigenvalue weighted by Crippen LogP contribution is -2.36. The molecule has 0 saturated carbocycles. The molecule has 1 heterocycles. The molecular formula is C23H18N2O4S. The van der Waals surface area contributed by atoms with Crippen LogP contribution in [0.3, 0.4) is 0 Å². The summed E-state index contributed by atoms with van der Waals surface area (Å²) in [6, 6.07) is 21.5. The van der Waals surface area contributed by atoms with E-state index in [1.807, 2.05) is 42.5 Å². The number of primary amides is 1. The first-order valence-electron chi connectivity index (χ1n) is 9.24. The minimum atomic E-state index is -0.734. The molecule has 0 bridgehead atoms. The monoisotopic (exact) mass is 418 g/mol. The average molecular weight is 418 g/mol. The smallest absolute Gasteiger partial charge is 0.294 e. The minimum Gasteiger partial charge on any atom is -0.489 e. The molecule has 30 heavy (non-hydrogen) atoms. The van der Waals surface area contributed by atoms with Gasteiger partial charge in [0.25, 0.3) is 11.1 Å². The fourth-order valence-corrected chi connectivity index (χ4v) is 4.06. The molecule has 0 aromatic heterocycles. The standard InChI is InChI=1S/C23H18N2O4S/c24-21(26)13-25-22(27)20(30-23(25)28)12-15-5-3-9-18(11-15)29-14-17-8-4-7-16-6-1-2-10-19(16)17/h1-12H,13-14H2,(H2,24,26)/b20-12-. The highest BCUT2D eigenvalue weighted by molar-refractivity contribution is 8.18. The third-order valence-corrected chi connectivity index (χ3v) is 5.53. The molecule has 0 aliphatic carbocycles. The molecule has 0 radical (unpaired) electrons. The summed E-state index contributed by atoms with van der Waals surface area (Å²) in [5, 5.41) is 1.78. The summed E-state index contributed by atoms with van der Waals surface area (Å²) in [4.78, 5) is 36.4. The Bertz CT molecular complexity index is 1180. The van der Waals surface area contributed by atoms with Crippen molar-refractivity contribution in [2.24, 2.45) is 5.73 Å². The summed E-state index contributed by atoms with van der Waals surface area (Å²) in [5.41, 5.74) is 6.89. The first kappa shape index (κ1) is 19.7. The summed E-state index contributed by atoms with van der Waals surface area (Å²) >= 11 is 0.786. The number of imide groups is 1. The Morgan fingerprint density at radius 2 is 1.80 bits per heavy atom. The predicted molar refractivity (Wildman–Crippen MR) is 117 cm³/mol. The van der Waals surface area contributed by atoms with Crippen molar-refractivity contribution < 1.29 is 19.1 Å². The van der Waals surface area contributed by atoms with E-state index in [1.165, 1.54) is 0 Å². The van der Waals surface area contributed by atoms with Gasteiger partial charge in [-0.1, -0.05) is 54.6 Å². The van der Waals surface area contributed by atoms with Gasteiger partial charge < -0.3 is 10.5 Å². The molecule has 0 unspecified atom stereocenters. The Hall–Kier alpha value is -3.58. The maximum absolute atomic E-state index is 12.4. The van der Waals surface area contributed by atoms with Crippen LogP contribution in [0, 0.1) is 0 Å². The SMILES string of the molecule is NC(=O)CN1C(=O)S/C(=C\c2cccc(OCc3cccc4ccccc34)c2)C1=O. The molecule has 1 fully saturated rings. The van der Waals surface area contributed by atoms with E-state index >= 15 is 0 Å². The van der Waals surface area contributed by atoms with E-state index in [2.05, 4.69) is 18.2 Å². The first-order chi connectivity index (χ1) is 14.5. The molecule has 7 heteroatoms. The minimum absolute atomic E-state index is 0.243. The normalized spacial score (nSPS) is 15.2. The first-order valence-corrected chi connectivity index (χ1v) is 10.1. The van der Waals surface area contributed by atoms with Crippen molar-refractivity contribution in [3.63, 3.8) is 0 Å². The van der Waals surface area contributed by atoms with Crippen molar-refractivity contribution >= 4 is 45.7 Å². The number of hydrogen-bond donors (Lipinski definition) is 1. The van der Waals surface area contributed by atoms with Gasteiger partial charge in [0.2, 0.25) is 5.91 Å². The van der Waals surface area contributed by atoms with Crippen LogP contribution in [0.1, 0.15) is 11.1 Å². The second-order valence-electron chi connectivity index (χ2n) is 6.73. The van der Waals surface area contributed by atoms with Crippen molar-refractivity contribution in [1.82, 2.24) is 4.90 Å². The van der Waals surface area contributed by atoms with Gasteiger partial charge in [-0.25, -0.2) is 0 Å². The molecule has 3 aromatic carbocycles. The average Bonchev–Trinajstić information content (AvgIpc) is 2.99. The molecule has 3 amide bonds. The van der Waals surface area contributed by atoms with E-state index in [9.17, 15) is 14.4 Å². The number of rotatable bonds is 6. The van der Waals surface area contributed by atoms with Crippen LogP contribution >= 0.6 is 11.8 Å². The van der Waals surface area contributed by atoms with Crippen LogP contribution in [0.5, 0.6) is 5.75 Å². The fraction of sp³-hybridized carbons (Fsp3) is 0.0870. The van der Waals surface area contributed by atoms with Crippen LogP contribution in [0.4, 0.5) is 4.79 Å². The van der Waals surface area contributed by atoms with Gasteiger partial charge in [-0.05, 0) is 51.9 Å². The number of hydrogen-bond acceptors (Lipinski definition) is 5. The summed E-state index contributed by atoms with van der Waals surface area (Å²) < 4.78 is 5.97. The van der Waals surface area contributed by atoms with Crippen LogP contribution in [0.15, 0.2) is 71.6 Å². The van der Waals surface area contributed by atoms with Crippen LogP contribution in [0.2, 0.25) is 0 Å². The maximum Gasteiger partial charge on any atom is 0.294 e. The van der Waals surface area contributed by atoms with Crippen molar-refractivity contribution in [3.05, 3.63) is 82.8 Å². The summed E-state index contributed by atoms with van der Waals surface area (Å²) in [5.74, 6) is -0.610. The lowest BCUT2D eigenvalue weighted by atomic mass is 10.1. The lowest BCUT2D eigenvalue weighted by molar-refractivity contribution is -0.127. The number of ether oxygens (including phenoxy) is 1. The zero-order valence-corrected chi connectivity index (χ0v) is 16.7. The van der Waals surface area contributed by atoms with E-state index in [1.54, 1.807) is 12.1 Å². The van der Waals surface area contributed by atoms with Crippen LogP contribution in [-0.4, -0.2) is 28.5 Å². The number of benzene rings is 3. The van der Waals surface area contributed by atoms with Crippen molar-refractivity contribution in [1.29, 1.82) is 0 Å². The highest BCUT2D eigenvalue weighted by Gasteiger charge is 2.35. The van der Waals surface area contributed by atoms with Gasteiger partial charge in [-0.15, -0.1) is 0 Å². The van der Waals surface area contributed by atoms with E-state index < -0.39 is 23.6 Å². The lowest BCUT2D eigenvalue weighted by Gasteiger charge is -2.10. The highest BCUT2D eigenvalue weighted by atomic mass is 32.2. The summed E-state index contributed by atoms with van der Waals surface area (Å²) in [6.45, 7) is -0.0177. The van der Waals surface area contributed by atoms with Gasteiger partial charge in [0.05, 0.1) is 4.91 Å². The number of thioether (sulfide) groups is 1. The molecule has 4 rings (SSSR count). The zero-order valence-electron chi connectivity index (χ0n) is 15.9. The third-order valence-electron chi connectivity index (χ3n) is 4.62. The van der Waals surface area contributed by atoms with E-state index in [0.717, 1.165) is 38.6 Å². The Morgan fingerprint density at radius 3 is 2.63 bits per heavy atom. The topological polar surface area (TPSA) is 89.7 Å². The van der Waals surface area contributed by atoms with Gasteiger partial charge in [0.15, 0.2) is 0 Å². The molecular weight excluding hydrogens is 400 g/mol. The molecule has 1 aliphatic rings. The number of carbonyl (C=O) groups excluding carboxylic acids is 3. The quantitative estimate of drug-likeness (QED) is 0.613. The number of nitrogens with zero attached hydrogens (tertiary/aromatic N) is 1. The van der Waals surface area contributed by atoms with Crippen molar-refractivity contribution in [3.8, 4) is 5.75 Å². The van der Waals surface area contributed by atoms with E-state index in [4.69, 9.17) is 10.5 Å². The number of fused-ring (bicyclic) bond motifs is 1. The molecule has 3 aromatic rings. The molecule has 6 nitrogen and oxygen atoms in total. The molecule has 1 aliphatic heterocycles. The van der Waals surface area contributed by atoms with Gasteiger partial charge in [0.1, 0.15) is 18.9 Å². The largest absolute Gasteiger partial charge is 0.489 e. The van der Waals surface area contributed by atoms with Crippen LogP contribution in [-0.2, 0) is 16.2 Å². The highest BCUT2D eigenvalue weighted by Crippen LogP contribution is 2.32.